The summed E-state index contributed by atoms with van der Waals surface area (Å²) in [6, 6.07) is -1.78. The highest BCUT2D eigenvalue weighted by Crippen LogP contribution is 2.42. The smallest absolute Gasteiger partial charge is 0.338 e. The Bertz CT molecular complexity index is 551. The number of amides is 1. The van der Waals surface area contributed by atoms with Crippen molar-refractivity contribution in [3.8, 4) is 0 Å². The number of cyclic esters (lactones) is 1. The Labute approximate surface area is 138 Å². The summed E-state index contributed by atoms with van der Waals surface area (Å²) in [5.74, 6) is -2.93. The summed E-state index contributed by atoms with van der Waals surface area (Å²) in [5, 5.41) is 32.9. The predicted octanol–water partition coefficient (Wildman–Crippen LogP) is -1.07. The molecule has 0 spiro atoms. The molecule has 0 aromatic heterocycles. The molecule has 9 heteroatoms. The SMILES string of the molecule is CC(N)C(=O)N[C@@H]1[C@H]2C(=C(O)C[C@@H](O)[C@@H]2O)C(=O)O[C@]1(C)CCl. The molecule has 0 saturated carbocycles. The molecule has 1 heterocycles. The van der Waals surface area contributed by atoms with Crippen molar-refractivity contribution < 1.29 is 29.6 Å². The highest BCUT2D eigenvalue weighted by Gasteiger charge is 2.56. The number of carbonyl (C=O) groups is 2. The van der Waals surface area contributed by atoms with Crippen LogP contribution < -0.4 is 11.1 Å². The van der Waals surface area contributed by atoms with E-state index in [-0.39, 0.29) is 23.6 Å². The van der Waals surface area contributed by atoms with Crippen molar-refractivity contribution in [2.45, 2.75) is 50.2 Å². The zero-order valence-corrected chi connectivity index (χ0v) is 13.6. The molecule has 0 aromatic rings. The number of ether oxygens (including phenoxy) is 1. The van der Waals surface area contributed by atoms with Gasteiger partial charge in [-0.1, -0.05) is 0 Å². The minimum absolute atomic E-state index is 0.152. The molecule has 1 aliphatic carbocycles. The molecular formula is C14H21ClN2O6. The molecule has 6 atom stereocenters. The van der Waals surface area contributed by atoms with E-state index in [2.05, 4.69) is 5.32 Å². The third-order valence-corrected chi connectivity index (χ3v) is 4.88. The van der Waals surface area contributed by atoms with E-state index in [1.54, 1.807) is 0 Å². The van der Waals surface area contributed by atoms with Crippen LogP contribution >= 0.6 is 11.6 Å². The number of nitrogens with one attached hydrogen (secondary N) is 1. The van der Waals surface area contributed by atoms with Crippen molar-refractivity contribution in [1.82, 2.24) is 5.32 Å². The number of nitrogens with two attached hydrogens (primary N) is 1. The minimum Gasteiger partial charge on any atom is -0.512 e. The van der Waals surface area contributed by atoms with Gasteiger partial charge in [0.05, 0.1) is 35.7 Å². The van der Waals surface area contributed by atoms with E-state index < -0.39 is 47.7 Å². The van der Waals surface area contributed by atoms with Gasteiger partial charge >= 0.3 is 5.97 Å². The maximum atomic E-state index is 12.2. The Hall–Kier alpha value is -1.35. The summed E-state index contributed by atoms with van der Waals surface area (Å²) in [4.78, 5) is 24.2. The van der Waals surface area contributed by atoms with Gasteiger partial charge in [-0.3, -0.25) is 4.79 Å². The second-order valence-corrected chi connectivity index (χ2v) is 6.53. The van der Waals surface area contributed by atoms with Crippen LogP contribution in [0.3, 0.4) is 0 Å². The lowest BCUT2D eigenvalue weighted by atomic mass is 9.71. The average Bonchev–Trinajstić information content (AvgIpc) is 2.46. The second-order valence-electron chi connectivity index (χ2n) is 6.26. The maximum absolute atomic E-state index is 12.2. The van der Waals surface area contributed by atoms with Gasteiger partial charge in [0.2, 0.25) is 5.91 Å². The first-order valence-corrected chi connectivity index (χ1v) is 7.79. The van der Waals surface area contributed by atoms with E-state index in [1.165, 1.54) is 13.8 Å². The normalized spacial score (nSPS) is 38.6. The fourth-order valence-electron chi connectivity index (χ4n) is 3.00. The number of hydrogen-bond donors (Lipinski definition) is 5. The van der Waals surface area contributed by atoms with Crippen LogP contribution in [0.15, 0.2) is 11.3 Å². The summed E-state index contributed by atoms with van der Waals surface area (Å²) >= 11 is 5.91. The monoisotopic (exact) mass is 348 g/mol. The van der Waals surface area contributed by atoms with Gasteiger partial charge < -0.3 is 31.1 Å². The number of esters is 1. The van der Waals surface area contributed by atoms with Gasteiger partial charge in [-0.05, 0) is 13.8 Å². The van der Waals surface area contributed by atoms with Crippen LogP contribution in [0, 0.1) is 5.92 Å². The van der Waals surface area contributed by atoms with E-state index >= 15 is 0 Å². The van der Waals surface area contributed by atoms with Gasteiger partial charge in [-0.2, -0.15) is 0 Å². The van der Waals surface area contributed by atoms with Crippen LogP contribution in [-0.2, 0) is 14.3 Å². The third-order valence-electron chi connectivity index (χ3n) is 4.35. The topological polar surface area (TPSA) is 142 Å². The average molecular weight is 349 g/mol. The lowest BCUT2D eigenvalue weighted by Crippen LogP contribution is -2.67. The van der Waals surface area contributed by atoms with E-state index in [0.29, 0.717) is 0 Å². The maximum Gasteiger partial charge on any atom is 0.338 e. The van der Waals surface area contributed by atoms with Crippen LogP contribution in [0.1, 0.15) is 20.3 Å². The van der Waals surface area contributed by atoms with Gasteiger partial charge in [0.1, 0.15) is 11.4 Å². The standard InChI is InChI=1S/C14H21ClN2O6/c1-5(16)12(21)17-11-9-8(6(18)3-7(19)10(9)20)13(22)23-14(11,2)4-15/h5,7,9-11,18-20H,3-4,16H2,1-2H3,(H,17,21)/t5?,7-,9+,10+,11-,14-/m1/s1. The molecule has 1 saturated heterocycles. The van der Waals surface area contributed by atoms with E-state index in [0.717, 1.165) is 0 Å². The number of alkyl halides is 1. The van der Waals surface area contributed by atoms with Crippen molar-refractivity contribution >= 4 is 23.5 Å². The van der Waals surface area contributed by atoms with E-state index in [1.807, 2.05) is 0 Å². The number of aliphatic hydroxyl groups is 3. The molecule has 1 amide bonds. The molecule has 8 nitrogen and oxygen atoms in total. The Morgan fingerprint density at radius 3 is 2.70 bits per heavy atom. The van der Waals surface area contributed by atoms with Crippen LogP contribution in [0.5, 0.6) is 0 Å². The largest absolute Gasteiger partial charge is 0.512 e. The zero-order valence-electron chi connectivity index (χ0n) is 12.8. The lowest BCUT2D eigenvalue weighted by molar-refractivity contribution is -0.172. The summed E-state index contributed by atoms with van der Waals surface area (Å²) in [6.45, 7) is 2.98. The van der Waals surface area contributed by atoms with Gasteiger partial charge in [0, 0.05) is 12.3 Å². The molecule has 0 bridgehead atoms. The molecule has 6 N–H and O–H groups in total. The Morgan fingerprint density at radius 2 is 2.17 bits per heavy atom. The van der Waals surface area contributed by atoms with Crippen LogP contribution in [-0.4, -0.2) is 63.0 Å². The van der Waals surface area contributed by atoms with Crippen molar-refractivity contribution in [3.63, 3.8) is 0 Å². The van der Waals surface area contributed by atoms with Gasteiger partial charge in [0.15, 0.2) is 0 Å². The molecule has 23 heavy (non-hydrogen) atoms. The quantitative estimate of drug-likeness (QED) is 0.323. The first-order valence-electron chi connectivity index (χ1n) is 7.25. The van der Waals surface area contributed by atoms with E-state index in [4.69, 9.17) is 22.1 Å². The molecule has 130 valence electrons. The van der Waals surface area contributed by atoms with Crippen molar-refractivity contribution in [1.29, 1.82) is 0 Å². The Kier molecular flexibility index (Phi) is 4.91. The molecule has 0 radical (unpaired) electrons. The summed E-state index contributed by atoms with van der Waals surface area (Å²) in [6.07, 6.45) is -2.91. The number of aliphatic hydroxyl groups excluding tert-OH is 3. The van der Waals surface area contributed by atoms with Gasteiger partial charge in [-0.15, -0.1) is 11.6 Å². The molecule has 2 aliphatic rings. The van der Waals surface area contributed by atoms with Crippen LogP contribution in [0.4, 0.5) is 0 Å². The van der Waals surface area contributed by atoms with Crippen LogP contribution in [0.2, 0.25) is 0 Å². The Balaban J connectivity index is 2.50. The molecule has 0 aromatic carbocycles. The molecule has 1 aliphatic heterocycles. The molecule has 1 fully saturated rings. The number of carbonyl (C=O) groups excluding carboxylic acids is 2. The van der Waals surface area contributed by atoms with Gasteiger partial charge in [-0.25, -0.2) is 4.79 Å². The number of halogens is 1. The molecule has 1 unspecified atom stereocenters. The summed E-state index contributed by atoms with van der Waals surface area (Å²) < 4.78 is 5.30. The zero-order chi connectivity index (χ0) is 17.5. The van der Waals surface area contributed by atoms with Gasteiger partial charge in [0.25, 0.3) is 0 Å². The first kappa shape index (κ1) is 18.0. The second kappa shape index (κ2) is 6.27. The third kappa shape index (κ3) is 3.03. The Morgan fingerprint density at radius 1 is 1.57 bits per heavy atom. The summed E-state index contributed by atoms with van der Waals surface area (Å²) in [7, 11) is 0. The van der Waals surface area contributed by atoms with Crippen LogP contribution in [0.25, 0.3) is 0 Å². The minimum atomic E-state index is -1.37. The van der Waals surface area contributed by atoms with Crippen molar-refractivity contribution in [3.05, 3.63) is 11.3 Å². The number of rotatable bonds is 3. The van der Waals surface area contributed by atoms with Crippen molar-refractivity contribution in [2.75, 3.05) is 5.88 Å². The van der Waals surface area contributed by atoms with Crippen molar-refractivity contribution in [2.24, 2.45) is 11.7 Å². The fraction of sp³-hybridized carbons (Fsp3) is 0.714. The molecule has 2 rings (SSSR count). The fourth-order valence-corrected chi connectivity index (χ4v) is 3.22. The highest BCUT2D eigenvalue weighted by molar-refractivity contribution is 6.18. The highest BCUT2D eigenvalue weighted by atomic mass is 35.5. The van der Waals surface area contributed by atoms with E-state index in [9.17, 15) is 24.9 Å². The number of fused-ring (bicyclic) bond motifs is 1. The molecular weight excluding hydrogens is 328 g/mol. The lowest BCUT2D eigenvalue weighted by Gasteiger charge is -2.49. The predicted molar refractivity (Wildman–Crippen MR) is 80.6 cm³/mol. The first-order chi connectivity index (χ1) is 10.6. The summed E-state index contributed by atoms with van der Waals surface area (Å²) in [5.41, 5.74) is 4.07. The number of hydrogen-bond acceptors (Lipinski definition) is 7.